The van der Waals surface area contributed by atoms with E-state index in [2.05, 4.69) is 0 Å². The van der Waals surface area contributed by atoms with Gasteiger partial charge in [0.2, 0.25) is 17.5 Å². The topological polar surface area (TPSA) is 196 Å². The van der Waals surface area contributed by atoms with Gasteiger partial charge in [0.05, 0.1) is 6.10 Å². The molecule has 0 bridgehead atoms. The molecule has 0 aliphatic carbocycles. The molecule has 0 radical (unpaired) electrons. The number of aliphatic hydroxyl groups is 2. The highest BCUT2D eigenvalue weighted by Gasteiger charge is 2.46. The molecular formula is C23H22O12. The Morgan fingerprint density at radius 2 is 1.69 bits per heavy atom. The molecule has 2 aromatic carbocycles. The lowest BCUT2D eigenvalue weighted by molar-refractivity contribution is -0.272. The number of hydrogen-bond acceptors (Lipinski definition) is 12. The highest BCUT2D eigenvalue weighted by atomic mass is 16.7. The first-order valence-corrected chi connectivity index (χ1v) is 10.4. The molecule has 1 fully saturated rings. The van der Waals surface area contributed by atoms with E-state index in [0.29, 0.717) is 0 Å². The van der Waals surface area contributed by atoms with Gasteiger partial charge in [-0.15, -0.1) is 0 Å². The van der Waals surface area contributed by atoms with E-state index in [1.165, 1.54) is 13.0 Å². The Bertz CT molecular complexity index is 1350. The summed E-state index contributed by atoms with van der Waals surface area (Å²) in [4.78, 5) is 24.8. The molecule has 12 nitrogen and oxygen atoms in total. The van der Waals surface area contributed by atoms with Crippen LogP contribution in [0.2, 0.25) is 0 Å². The van der Waals surface area contributed by atoms with Gasteiger partial charge in [-0.1, -0.05) is 0 Å². The van der Waals surface area contributed by atoms with Gasteiger partial charge in [-0.2, -0.15) is 0 Å². The smallest absolute Gasteiger partial charge is 0.303 e. The van der Waals surface area contributed by atoms with E-state index < -0.39 is 70.9 Å². The summed E-state index contributed by atoms with van der Waals surface area (Å²) < 4.78 is 21.9. The van der Waals surface area contributed by atoms with Crippen molar-refractivity contribution in [1.82, 2.24) is 0 Å². The zero-order chi connectivity index (χ0) is 25.6. The fourth-order valence-electron chi connectivity index (χ4n) is 3.77. The Morgan fingerprint density at radius 3 is 2.34 bits per heavy atom. The highest BCUT2D eigenvalue weighted by Crippen LogP contribution is 2.39. The molecule has 6 N–H and O–H groups in total. The molecule has 0 unspecified atom stereocenters. The molecule has 5 atom stereocenters. The van der Waals surface area contributed by atoms with Crippen LogP contribution in [0.4, 0.5) is 0 Å². The molecule has 1 aliphatic rings. The average molecular weight is 490 g/mol. The first-order valence-electron chi connectivity index (χ1n) is 10.4. The predicted octanol–water partition coefficient (Wildman–Crippen LogP) is 1.06. The number of ether oxygens (including phenoxy) is 3. The minimum Gasteiger partial charge on any atom is -0.508 e. The summed E-state index contributed by atoms with van der Waals surface area (Å²) in [5.41, 5.74) is -1.11. The number of aliphatic hydroxyl groups excluding tert-OH is 2. The Morgan fingerprint density at radius 1 is 0.971 bits per heavy atom. The van der Waals surface area contributed by atoms with E-state index in [1.807, 2.05) is 0 Å². The van der Waals surface area contributed by atoms with Crippen LogP contribution in [-0.2, 0) is 14.3 Å². The van der Waals surface area contributed by atoms with Crippen molar-refractivity contribution < 1.29 is 54.1 Å². The Balaban J connectivity index is 1.88. The summed E-state index contributed by atoms with van der Waals surface area (Å²) in [5.74, 6) is -3.67. The largest absolute Gasteiger partial charge is 0.508 e. The van der Waals surface area contributed by atoms with Gasteiger partial charge in [0.25, 0.3) is 0 Å². The van der Waals surface area contributed by atoms with Crippen molar-refractivity contribution in [3.8, 4) is 40.1 Å². The summed E-state index contributed by atoms with van der Waals surface area (Å²) in [7, 11) is 0. The van der Waals surface area contributed by atoms with Crippen LogP contribution < -0.4 is 10.2 Å². The molecule has 1 saturated heterocycles. The van der Waals surface area contributed by atoms with Crippen LogP contribution in [0.1, 0.15) is 13.8 Å². The van der Waals surface area contributed by atoms with E-state index in [-0.39, 0.29) is 22.3 Å². The Labute approximate surface area is 196 Å². The minimum absolute atomic E-state index is 0.0482. The van der Waals surface area contributed by atoms with Crippen LogP contribution in [-0.4, -0.2) is 67.3 Å². The molecule has 1 aromatic heterocycles. The molecule has 35 heavy (non-hydrogen) atoms. The fourth-order valence-corrected chi connectivity index (χ4v) is 3.77. The fraction of sp³-hybridized carbons (Fsp3) is 0.304. The second-order valence-electron chi connectivity index (χ2n) is 8.01. The first kappa shape index (κ1) is 24.1. The molecule has 0 spiro atoms. The van der Waals surface area contributed by atoms with E-state index in [4.69, 9.17) is 18.6 Å². The highest BCUT2D eigenvalue weighted by molar-refractivity contribution is 5.88. The number of phenols is 4. The van der Waals surface area contributed by atoms with E-state index >= 15 is 0 Å². The summed E-state index contributed by atoms with van der Waals surface area (Å²) in [6.45, 7) is 2.51. The van der Waals surface area contributed by atoms with Crippen molar-refractivity contribution in [2.24, 2.45) is 0 Å². The summed E-state index contributed by atoms with van der Waals surface area (Å²) in [6, 6.07) is 5.48. The molecule has 2 heterocycles. The lowest BCUT2D eigenvalue weighted by Crippen LogP contribution is -2.59. The number of benzene rings is 2. The number of aromatic hydroxyl groups is 4. The maximum absolute atomic E-state index is 13.4. The SMILES string of the molecule is CC(=O)O[C@@H]1[C@@H](O)[C@H](C)O[C@@H](Oc2c(-c3ccc(O)c(O)c3)oc3cc(O)cc(O)c3c2=O)[C@@H]1O. The lowest BCUT2D eigenvalue weighted by atomic mass is 9.99. The number of carbonyl (C=O) groups excluding carboxylic acids is 1. The number of carbonyl (C=O) groups is 1. The van der Waals surface area contributed by atoms with Crippen LogP contribution in [0.3, 0.4) is 0 Å². The number of phenolic OH excluding ortho intramolecular Hbond substituents is 4. The maximum Gasteiger partial charge on any atom is 0.303 e. The van der Waals surface area contributed by atoms with Gasteiger partial charge in [0, 0.05) is 24.6 Å². The molecule has 0 saturated carbocycles. The number of rotatable bonds is 4. The van der Waals surface area contributed by atoms with Gasteiger partial charge >= 0.3 is 5.97 Å². The molecular weight excluding hydrogens is 468 g/mol. The predicted molar refractivity (Wildman–Crippen MR) is 117 cm³/mol. The van der Waals surface area contributed by atoms with E-state index in [1.54, 1.807) is 0 Å². The molecule has 1 aliphatic heterocycles. The van der Waals surface area contributed by atoms with Gasteiger partial charge in [-0.05, 0) is 25.1 Å². The molecule has 3 aromatic rings. The molecule has 0 amide bonds. The first-order chi connectivity index (χ1) is 16.5. The summed E-state index contributed by atoms with van der Waals surface area (Å²) in [5, 5.41) is 60.3. The third-order valence-electron chi connectivity index (χ3n) is 5.47. The van der Waals surface area contributed by atoms with Crippen LogP contribution in [0.25, 0.3) is 22.3 Å². The Hall–Kier alpha value is -4.00. The number of fused-ring (bicyclic) bond motifs is 1. The third-order valence-corrected chi connectivity index (χ3v) is 5.47. The zero-order valence-electron chi connectivity index (χ0n) is 18.4. The molecule has 12 heteroatoms. The summed E-state index contributed by atoms with van der Waals surface area (Å²) in [6.07, 6.45) is -7.22. The third kappa shape index (κ3) is 4.41. The van der Waals surface area contributed by atoms with Crippen molar-refractivity contribution in [3.05, 3.63) is 40.6 Å². The van der Waals surface area contributed by atoms with Crippen LogP contribution in [0, 0.1) is 0 Å². The van der Waals surface area contributed by atoms with Crippen LogP contribution in [0.15, 0.2) is 39.5 Å². The maximum atomic E-state index is 13.4. The lowest BCUT2D eigenvalue weighted by Gasteiger charge is -2.40. The molecule has 186 valence electrons. The van der Waals surface area contributed by atoms with Crippen molar-refractivity contribution >= 4 is 16.9 Å². The van der Waals surface area contributed by atoms with E-state index in [0.717, 1.165) is 31.2 Å². The molecule has 4 rings (SSSR count). The van der Waals surface area contributed by atoms with Gasteiger partial charge in [-0.3, -0.25) is 9.59 Å². The van der Waals surface area contributed by atoms with Crippen molar-refractivity contribution in [3.63, 3.8) is 0 Å². The minimum atomic E-state index is -1.74. The van der Waals surface area contributed by atoms with Gasteiger partial charge in [0.15, 0.2) is 29.5 Å². The normalized spacial score (nSPS) is 24.3. The monoisotopic (exact) mass is 490 g/mol. The second kappa shape index (κ2) is 8.98. The second-order valence-corrected chi connectivity index (χ2v) is 8.01. The van der Waals surface area contributed by atoms with Crippen LogP contribution in [0.5, 0.6) is 28.7 Å². The van der Waals surface area contributed by atoms with Gasteiger partial charge < -0.3 is 49.3 Å². The van der Waals surface area contributed by atoms with Crippen LogP contribution >= 0.6 is 0 Å². The Kier molecular flexibility index (Phi) is 6.19. The van der Waals surface area contributed by atoms with E-state index in [9.17, 15) is 40.2 Å². The standard InChI is InChI=1S/C23H22O12/c1-8-17(29)21(33-9(2)24)19(31)23(32-8)35-22-18(30)16-14(28)6-11(25)7-15(16)34-20(22)10-3-4-12(26)13(27)5-10/h3-8,17,19,21,23,25-29,31H,1-2H3/t8-,17-,19+,21+,23-/m0/s1. The van der Waals surface area contributed by atoms with Crippen molar-refractivity contribution in [1.29, 1.82) is 0 Å². The van der Waals surface area contributed by atoms with Gasteiger partial charge in [-0.25, -0.2) is 0 Å². The van der Waals surface area contributed by atoms with Crippen molar-refractivity contribution in [2.75, 3.05) is 0 Å². The number of esters is 1. The summed E-state index contributed by atoms with van der Waals surface area (Å²) >= 11 is 0. The number of hydrogen-bond donors (Lipinski definition) is 6. The van der Waals surface area contributed by atoms with Crippen molar-refractivity contribution in [2.45, 2.75) is 44.6 Å². The average Bonchev–Trinajstić information content (AvgIpc) is 2.77. The zero-order valence-corrected chi connectivity index (χ0v) is 18.4. The quantitative estimate of drug-likeness (QED) is 0.225. The van der Waals surface area contributed by atoms with Gasteiger partial charge in [0.1, 0.15) is 28.6 Å².